The molecular weight excluding hydrogens is 226 g/mol. The first kappa shape index (κ1) is 15.0. The molecule has 0 saturated carbocycles. The van der Waals surface area contributed by atoms with Gasteiger partial charge in [0.2, 0.25) is 0 Å². The Morgan fingerprint density at radius 1 is 1.29 bits per heavy atom. The first-order valence-electron chi connectivity index (χ1n) is 5.00. The molecule has 0 rings (SSSR count). The van der Waals surface area contributed by atoms with E-state index in [1.807, 2.05) is 0 Å². The summed E-state index contributed by atoms with van der Waals surface area (Å²) in [5.41, 5.74) is 0. The van der Waals surface area contributed by atoms with Gasteiger partial charge >= 0.3 is 11.9 Å². The van der Waals surface area contributed by atoms with Crippen LogP contribution in [0.25, 0.3) is 0 Å². The summed E-state index contributed by atoms with van der Waals surface area (Å²) in [5.74, 6) is 0.721. The second-order valence-corrected chi connectivity index (χ2v) is 3.11. The minimum absolute atomic E-state index is 0.0663. The molecule has 0 aliphatic carbocycles. The highest BCUT2D eigenvalue weighted by Crippen LogP contribution is 2.02. The smallest absolute Gasteiger partial charge is 0.329 e. The van der Waals surface area contributed by atoms with Crippen LogP contribution < -0.4 is 0 Å². The lowest BCUT2D eigenvalue weighted by atomic mass is 10.3. The zero-order valence-electron chi connectivity index (χ0n) is 9.89. The van der Waals surface area contributed by atoms with E-state index in [2.05, 4.69) is 15.5 Å². The molecule has 0 radical (unpaired) electrons. The Hall–Kier alpha value is -2.03. The monoisotopic (exact) mass is 241 g/mol. The highest BCUT2D eigenvalue weighted by Gasteiger charge is 2.17. The third kappa shape index (κ3) is 6.95. The second kappa shape index (κ2) is 8.16. The molecule has 17 heavy (non-hydrogen) atoms. The molecule has 0 saturated heterocycles. The summed E-state index contributed by atoms with van der Waals surface area (Å²) in [7, 11) is 1.23. The first-order chi connectivity index (χ1) is 8.01. The topological polar surface area (TPSA) is 72.9 Å². The molecule has 0 aliphatic rings. The minimum Gasteiger partial charge on any atom is -0.469 e. The average Bonchev–Trinajstić information content (AvgIpc) is 2.30. The summed E-state index contributed by atoms with van der Waals surface area (Å²) in [6.07, 6.45) is 5.15. The van der Waals surface area contributed by atoms with E-state index in [-0.39, 0.29) is 25.8 Å². The summed E-state index contributed by atoms with van der Waals surface area (Å²) in [5, 5.41) is 0.866. The normalized spacial score (nSPS) is 9.00. The van der Waals surface area contributed by atoms with Crippen LogP contribution in [0, 0.1) is 12.3 Å². The van der Waals surface area contributed by atoms with Gasteiger partial charge in [0.05, 0.1) is 20.1 Å². The van der Waals surface area contributed by atoms with Crippen LogP contribution >= 0.6 is 0 Å². The number of hydroxylamine groups is 2. The standard InChI is InChI=1S/C11H15NO5/c1-4-5-8-12(17-9(2)13)10(14)6-7-11(15)16-3/h1H,5-8H2,2-3H3. The van der Waals surface area contributed by atoms with Crippen molar-refractivity contribution in [2.45, 2.75) is 26.2 Å². The highest BCUT2D eigenvalue weighted by molar-refractivity contribution is 5.81. The van der Waals surface area contributed by atoms with Crippen LogP contribution in [-0.4, -0.2) is 36.6 Å². The largest absolute Gasteiger partial charge is 0.469 e. The van der Waals surface area contributed by atoms with Crippen LogP contribution in [0.2, 0.25) is 0 Å². The SMILES string of the molecule is C#CCCN(OC(C)=O)C(=O)CCC(=O)OC. The number of carbonyl (C=O) groups is 3. The number of hydrogen-bond donors (Lipinski definition) is 0. The average molecular weight is 241 g/mol. The van der Waals surface area contributed by atoms with E-state index >= 15 is 0 Å². The molecule has 0 aromatic carbocycles. The molecule has 0 aromatic rings. The molecule has 0 heterocycles. The van der Waals surface area contributed by atoms with Gasteiger partial charge in [-0.15, -0.1) is 12.3 Å². The van der Waals surface area contributed by atoms with Gasteiger partial charge in [0, 0.05) is 19.8 Å². The summed E-state index contributed by atoms with van der Waals surface area (Å²) < 4.78 is 4.39. The Morgan fingerprint density at radius 3 is 2.41 bits per heavy atom. The lowest BCUT2D eigenvalue weighted by Gasteiger charge is -2.19. The van der Waals surface area contributed by atoms with Crippen LogP contribution in [0.3, 0.4) is 0 Å². The summed E-state index contributed by atoms with van der Waals surface area (Å²) >= 11 is 0. The van der Waals surface area contributed by atoms with Gasteiger partial charge in [-0.1, -0.05) is 0 Å². The number of ether oxygens (including phenoxy) is 1. The molecule has 0 unspecified atom stereocenters. The van der Waals surface area contributed by atoms with Crippen molar-refractivity contribution >= 4 is 17.8 Å². The minimum atomic E-state index is -0.617. The molecule has 0 bridgehead atoms. The number of carbonyl (C=O) groups excluding carboxylic acids is 3. The van der Waals surface area contributed by atoms with Crippen molar-refractivity contribution in [2.24, 2.45) is 0 Å². The number of rotatable bonds is 5. The van der Waals surface area contributed by atoms with E-state index in [0.717, 1.165) is 5.06 Å². The number of esters is 1. The van der Waals surface area contributed by atoms with Crippen molar-refractivity contribution in [1.29, 1.82) is 0 Å². The van der Waals surface area contributed by atoms with Gasteiger partial charge in [0.1, 0.15) is 0 Å². The predicted octanol–water partition coefficient (Wildman–Crippen LogP) is 0.270. The fraction of sp³-hybridized carbons (Fsp3) is 0.545. The van der Waals surface area contributed by atoms with Crippen LogP contribution in [-0.2, 0) is 24.0 Å². The molecule has 0 spiro atoms. The third-order valence-electron chi connectivity index (χ3n) is 1.75. The maximum atomic E-state index is 11.6. The second-order valence-electron chi connectivity index (χ2n) is 3.11. The molecule has 94 valence electrons. The number of nitrogens with zero attached hydrogens (tertiary/aromatic N) is 1. The van der Waals surface area contributed by atoms with Gasteiger partial charge in [-0.25, -0.2) is 0 Å². The van der Waals surface area contributed by atoms with Crippen molar-refractivity contribution in [2.75, 3.05) is 13.7 Å². The lowest BCUT2D eigenvalue weighted by molar-refractivity contribution is -0.196. The van der Waals surface area contributed by atoms with E-state index in [1.165, 1.54) is 14.0 Å². The van der Waals surface area contributed by atoms with Gasteiger partial charge in [0.15, 0.2) is 0 Å². The zero-order chi connectivity index (χ0) is 13.3. The number of amides is 1. The van der Waals surface area contributed by atoms with Gasteiger partial charge in [-0.05, 0) is 0 Å². The third-order valence-corrected chi connectivity index (χ3v) is 1.75. The Morgan fingerprint density at radius 2 is 1.94 bits per heavy atom. The van der Waals surface area contributed by atoms with Gasteiger partial charge in [0.25, 0.3) is 5.91 Å². The summed E-state index contributed by atoms with van der Waals surface area (Å²) in [6, 6.07) is 0. The molecule has 0 N–H and O–H groups in total. The zero-order valence-corrected chi connectivity index (χ0v) is 9.89. The van der Waals surface area contributed by atoms with Crippen LogP contribution in [0.1, 0.15) is 26.2 Å². The van der Waals surface area contributed by atoms with E-state index in [1.54, 1.807) is 0 Å². The Balaban J connectivity index is 4.26. The number of terminal acetylenes is 1. The Labute approximate surface area is 99.8 Å². The molecular formula is C11H15NO5. The summed E-state index contributed by atoms with van der Waals surface area (Å²) in [6.45, 7) is 1.28. The maximum absolute atomic E-state index is 11.6. The Bertz CT molecular complexity index is 331. The van der Waals surface area contributed by atoms with Gasteiger partial charge in [-0.2, -0.15) is 5.06 Å². The highest BCUT2D eigenvalue weighted by atomic mass is 16.7. The van der Waals surface area contributed by atoms with E-state index in [0.29, 0.717) is 0 Å². The molecule has 6 nitrogen and oxygen atoms in total. The van der Waals surface area contributed by atoms with Crippen LogP contribution in [0.15, 0.2) is 0 Å². The van der Waals surface area contributed by atoms with E-state index < -0.39 is 17.8 Å². The molecule has 0 atom stereocenters. The molecule has 0 aliphatic heterocycles. The number of hydrogen-bond acceptors (Lipinski definition) is 5. The fourth-order valence-corrected chi connectivity index (χ4v) is 0.978. The lowest BCUT2D eigenvalue weighted by Crippen LogP contribution is -2.34. The quantitative estimate of drug-likeness (QED) is 0.392. The molecule has 6 heteroatoms. The van der Waals surface area contributed by atoms with Crippen LogP contribution in [0.4, 0.5) is 0 Å². The van der Waals surface area contributed by atoms with Crippen molar-refractivity contribution in [3.05, 3.63) is 0 Å². The van der Waals surface area contributed by atoms with Gasteiger partial charge in [-0.3, -0.25) is 14.4 Å². The fourth-order valence-electron chi connectivity index (χ4n) is 0.978. The maximum Gasteiger partial charge on any atom is 0.329 e. The molecule has 0 fully saturated rings. The van der Waals surface area contributed by atoms with Crippen molar-refractivity contribution in [3.8, 4) is 12.3 Å². The van der Waals surface area contributed by atoms with Crippen LogP contribution in [0.5, 0.6) is 0 Å². The van der Waals surface area contributed by atoms with Crippen molar-refractivity contribution in [1.82, 2.24) is 5.06 Å². The Kier molecular flexibility index (Phi) is 7.19. The predicted molar refractivity (Wildman–Crippen MR) is 58.2 cm³/mol. The van der Waals surface area contributed by atoms with Crippen molar-refractivity contribution in [3.63, 3.8) is 0 Å². The van der Waals surface area contributed by atoms with E-state index in [9.17, 15) is 14.4 Å². The van der Waals surface area contributed by atoms with E-state index in [4.69, 9.17) is 6.42 Å². The molecule has 0 aromatic heterocycles. The number of methoxy groups -OCH3 is 1. The summed E-state index contributed by atoms with van der Waals surface area (Å²) in [4.78, 5) is 37.9. The van der Waals surface area contributed by atoms with Gasteiger partial charge < -0.3 is 9.57 Å². The first-order valence-corrected chi connectivity index (χ1v) is 5.00. The van der Waals surface area contributed by atoms with Crippen molar-refractivity contribution < 1.29 is 24.0 Å². The molecule has 1 amide bonds.